The third-order valence-corrected chi connectivity index (χ3v) is 6.62. The van der Waals surface area contributed by atoms with Crippen molar-refractivity contribution in [3.8, 4) is 6.07 Å². The Bertz CT molecular complexity index is 1190. The summed E-state index contributed by atoms with van der Waals surface area (Å²) in [5.74, 6) is -0.404. The molecule has 0 spiro atoms. The molecule has 1 heterocycles. The van der Waals surface area contributed by atoms with Crippen molar-refractivity contribution in [1.82, 2.24) is 9.88 Å². The highest BCUT2D eigenvalue weighted by atomic mass is 32.1. The van der Waals surface area contributed by atoms with Gasteiger partial charge in [-0.3, -0.25) is 14.2 Å². The molecule has 3 rings (SSSR count). The molecule has 7 nitrogen and oxygen atoms in total. The number of carbonyl (C=O) groups is 2. The number of nitrogens with one attached hydrogen (secondary N) is 1. The lowest BCUT2D eigenvalue weighted by Crippen LogP contribution is -2.45. The second-order valence-corrected chi connectivity index (χ2v) is 8.97. The van der Waals surface area contributed by atoms with Crippen LogP contribution in [-0.4, -0.2) is 29.1 Å². The van der Waals surface area contributed by atoms with Gasteiger partial charge in [-0.2, -0.15) is 5.26 Å². The molecule has 1 amide bonds. The first kappa shape index (κ1) is 23.5. The van der Waals surface area contributed by atoms with E-state index in [-0.39, 0.29) is 30.7 Å². The average molecular weight is 454 g/mol. The summed E-state index contributed by atoms with van der Waals surface area (Å²) in [6.45, 7) is 3.89. The van der Waals surface area contributed by atoms with Gasteiger partial charge < -0.3 is 10.1 Å². The van der Waals surface area contributed by atoms with E-state index in [2.05, 4.69) is 18.3 Å². The van der Waals surface area contributed by atoms with E-state index in [0.717, 1.165) is 36.2 Å². The number of amides is 1. The minimum absolute atomic E-state index is 0.104. The fourth-order valence-corrected chi connectivity index (χ4v) is 4.84. The van der Waals surface area contributed by atoms with Crippen LogP contribution in [0.4, 0.5) is 0 Å². The van der Waals surface area contributed by atoms with Crippen LogP contribution in [0.5, 0.6) is 0 Å². The number of rotatable bonds is 6. The van der Waals surface area contributed by atoms with Gasteiger partial charge in [-0.05, 0) is 49.5 Å². The maximum Gasteiger partial charge on any atom is 0.333 e. The number of nitriles is 1. The Labute approximate surface area is 190 Å². The number of aromatic nitrogens is 1. The molecule has 32 heavy (non-hydrogen) atoms. The maximum absolute atomic E-state index is 13.1. The van der Waals surface area contributed by atoms with Crippen LogP contribution >= 0.6 is 11.3 Å². The van der Waals surface area contributed by atoms with Crippen LogP contribution in [0.25, 0.3) is 12.2 Å². The molecule has 1 aromatic carbocycles. The first-order valence-electron chi connectivity index (χ1n) is 10.8. The standard InChI is InChI=1S/C24H27N3O4S/c1-3-31-23(29)13-22-27(15-21(28)26-19-7-5-4-6-16(19)2)24(30)20(32-22)12-17-8-10-18(14-25)11-9-17/h8-13,16,19H,3-7,15H2,1-2H3,(H,26,28)/b20-12-,22-13-. The number of thiazole rings is 1. The summed E-state index contributed by atoms with van der Waals surface area (Å²) < 4.78 is 7.06. The lowest BCUT2D eigenvalue weighted by Gasteiger charge is -2.29. The van der Waals surface area contributed by atoms with Crippen molar-refractivity contribution in [2.75, 3.05) is 6.61 Å². The van der Waals surface area contributed by atoms with Crippen LogP contribution in [0.15, 0.2) is 29.1 Å². The van der Waals surface area contributed by atoms with Crippen molar-refractivity contribution in [3.63, 3.8) is 0 Å². The molecule has 1 aliphatic rings. The maximum atomic E-state index is 13.1. The van der Waals surface area contributed by atoms with E-state index in [1.165, 1.54) is 17.1 Å². The van der Waals surface area contributed by atoms with Crippen molar-refractivity contribution in [2.24, 2.45) is 5.92 Å². The number of esters is 1. The summed E-state index contributed by atoms with van der Waals surface area (Å²) in [5.41, 5.74) is 0.926. The van der Waals surface area contributed by atoms with Crippen molar-refractivity contribution < 1.29 is 14.3 Å². The molecule has 0 aliphatic heterocycles. The van der Waals surface area contributed by atoms with Gasteiger partial charge >= 0.3 is 5.97 Å². The SMILES string of the molecule is CCOC(=O)/C=c1\s/c(=C\c2ccc(C#N)cc2)c(=O)n1CC(=O)NC1CCCCC1C. The zero-order valence-corrected chi connectivity index (χ0v) is 19.1. The van der Waals surface area contributed by atoms with Crippen LogP contribution < -0.4 is 20.1 Å². The smallest absolute Gasteiger partial charge is 0.333 e. The number of nitrogens with zero attached hydrogens (tertiary/aromatic N) is 2. The van der Waals surface area contributed by atoms with E-state index >= 15 is 0 Å². The molecule has 2 unspecified atom stereocenters. The summed E-state index contributed by atoms with van der Waals surface area (Å²) in [5, 5.41) is 12.0. The van der Waals surface area contributed by atoms with E-state index in [9.17, 15) is 14.4 Å². The Morgan fingerprint density at radius 2 is 2.00 bits per heavy atom. The highest BCUT2D eigenvalue weighted by Crippen LogP contribution is 2.23. The summed E-state index contributed by atoms with van der Waals surface area (Å²) in [6, 6.07) is 8.99. The monoisotopic (exact) mass is 453 g/mol. The van der Waals surface area contributed by atoms with Crippen molar-refractivity contribution in [1.29, 1.82) is 5.26 Å². The largest absolute Gasteiger partial charge is 0.463 e. The molecule has 168 valence electrons. The fraction of sp³-hybridized carbons (Fsp3) is 0.417. The van der Waals surface area contributed by atoms with Gasteiger partial charge in [0, 0.05) is 6.04 Å². The minimum atomic E-state index is -0.561. The number of hydrogen-bond acceptors (Lipinski definition) is 6. The Morgan fingerprint density at radius 1 is 1.28 bits per heavy atom. The van der Waals surface area contributed by atoms with Gasteiger partial charge in [-0.25, -0.2) is 4.79 Å². The number of carbonyl (C=O) groups excluding carboxylic acids is 2. The molecule has 1 saturated carbocycles. The van der Waals surface area contributed by atoms with Gasteiger partial charge in [0.2, 0.25) is 5.91 Å². The number of ether oxygens (including phenoxy) is 1. The molecule has 8 heteroatoms. The Morgan fingerprint density at radius 3 is 2.66 bits per heavy atom. The predicted octanol–water partition coefficient (Wildman–Crippen LogP) is 1.65. The van der Waals surface area contributed by atoms with Gasteiger partial charge in [-0.1, -0.05) is 31.9 Å². The van der Waals surface area contributed by atoms with Crippen LogP contribution in [0.3, 0.4) is 0 Å². The van der Waals surface area contributed by atoms with E-state index < -0.39 is 5.97 Å². The fourth-order valence-electron chi connectivity index (χ4n) is 3.81. The lowest BCUT2D eigenvalue weighted by molar-refractivity contribution is -0.135. The summed E-state index contributed by atoms with van der Waals surface area (Å²) in [7, 11) is 0. The molecule has 0 saturated heterocycles. The third-order valence-electron chi connectivity index (χ3n) is 5.56. The molecule has 0 bridgehead atoms. The van der Waals surface area contributed by atoms with Crippen LogP contribution in [0, 0.1) is 17.2 Å². The minimum Gasteiger partial charge on any atom is -0.463 e. The molecule has 2 atom stereocenters. The molecule has 0 radical (unpaired) electrons. The number of hydrogen-bond donors (Lipinski definition) is 1. The highest BCUT2D eigenvalue weighted by Gasteiger charge is 2.23. The molecule has 2 aromatic rings. The van der Waals surface area contributed by atoms with Crippen molar-refractivity contribution in [3.05, 3.63) is 54.9 Å². The molecule has 1 fully saturated rings. The van der Waals surface area contributed by atoms with Gasteiger partial charge in [-0.15, -0.1) is 11.3 Å². The molecular weight excluding hydrogens is 426 g/mol. The molecular formula is C24H27N3O4S. The summed E-state index contributed by atoms with van der Waals surface area (Å²) in [6.07, 6.45) is 7.21. The van der Waals surface area contributed by atoms with Gasteiger partial charge in [0.15, 0.2) is 0 Å². The highest BCUT2D eigenvalue weighted by molar-refractivity contribution is 7.07. The quantitative estimate of drug-likeness (QED) is 0.670. The van der Waals surface area contributed by atoms with Gasteiger partial charge in [0.05, 0.1) is 28.8 Å². The van der Waals surface area contributed by atoms with Crippen LogP contribution in [0.1, 0.15) is 50.7 Å². The molecule has 1 N–H and O–H groups in total. The molecule has 1 aromatic heterocycles. The Kier molecular flexibility index (Phi) is 8.01. The topological polar surface area (TPSA) is 101 Å². The number of benzene rings is 1. The second-order valence-electron chi connectivity index (χ2n) is 7.91. The Hall–Kier alpha value is -3.18. The van der Waals surface area contributed by atoms with Gasteiger partial charge in [0.1, 0.15) is 11.2 Å². The predicted molar refractivity (Wildman–Crippen MR) is 123 cm³/mol. The normalized spacial score (nSPS) is 19.4. The van der Waals surface area contributed by atoms with Crippen molar-refractivity contribution >= 4 is 35.4 Å². The zero-order chi connectivity index (χ0) is 23.1. The summed E-state index contributed by atoms with van der Waals surface area (Å²) >= 11 is 1.13. The van der Waals surface area contributed by atoms with Gasteiger partial charge in [0.25, 0.3) is 5.56 Å². The van der Waals surface area contributed by atoms with Crippen LogP contribution in [0.2, 0.25) is 0 Å². The van der Waals surface area contributed by atoms with E-state index in [4.69, 9.17) is 10.00 Å². The Balaban J connectivity index is 1.94. The average Bonchev–Trinajstić information content (AvgIpc) is 3.04. The van der Waals surface area contributed by atoms with E-state index in [1.807, 2.05) is 0 Å². The van der Waals surface area contributed by atoms with E-state index in [1.54, 1.807) is 37.3 Å². The molecule has 1 aliphatic carbocycles. The second kappa shape index (κ2) is 10.9. The van der Waals surface area contributed by atoms with Crippen molar-refractivity contribution in [2.45, 2.75) is 52.1 Å². The van der Waals surface area contributed by atoms with E-state index in [0.29, 0.717) is 20.7 Å². The first-order valence-corrected chi connectivity index (χ1v) is 11.6. The summed E-state index contributed by atoms with van der Waals surface area (Å²) in [4.78, 5) is 37.9. The lowest BCUT2D eigenvalue weighted by atomic mass is 9.86. The first-order chi connectivity index (χ1) is 15.4. The third kappa shape index (κ3) is 5.95. The van der Waals surface area contributed by atoms with Crippen LogP contribution in [-0.2, 0) is 20.9 Å². The zero-order valence-electron chi connectivity index (χ0n) is 18.3.